The molecule has 6 nitrogen and oxygen atoms in total. The van der Waals surface area contributed by atoms with E-state index in [1.807, 2.05) is 30.3 Å². The Kier molecular flexibility index (Phi) is 3.09. The molecule has 1 heterocycles. The van der Waals surface area contributed by atoms with Gasteiger partial charge >= 0.3 is 0 Å². The minimum atomic E-state index is -0.498. The van der Waals surface area contributed by atoms with Gasteiger partial charge in [-0.05, 0) is 0 Å². The number of hydrogen-bond acceptors (Lipinski definition) is 2. The van der Waals surface area contributed by atoms with Crippen LogP contribution in [-0.2, 0) is 7.05 Å². The summed E-state index contributed by atoms with van der Waals surface area (Å²) in [6.45, 7) is 0. The van der Waals surface area contributed by atoms with E-state index in [0.717, 1.165) is 5.56 Å². The molecule has 0 spiro atoms. The second-order valence-electron chi connectivity index (χ2n) is 3.77. The Bertz CT molecular complexity index is 596. The lowest BCUT2D eigenvalue weighted by atomic mass is 10.1. The van der Waals surface area contributed by atoms with E-state index in [1.165, 1.54) is 0 Å². The van der Waals surface area contributed by atoms with Crippen LogP contribution in [-0.4, -0.2) is 21.6 Å². The van der Waals surface area contributed by atoms with Gasteiger partial charge in [0.15, 0.2) is 5.96 Å². The molecule has 0 saturated carbocycles. The van der Waals surface area contributed by atoms with Crippen LogP contribution in [0, 0.1) is 0 Å². The van der Waals surface area contributed by atoms with Crippen molar-refractivity contribution >= 4 is 11.9 Å². The summed E-state index contributed by atoms with van der Waals surface area (Å²) >= 11 is 0. The number of aliphatic imine (C=N–C) groups is 1. The molecule has 6 heteroatoms. The van der Waals surface area contributed by atoms with Gasteiger partial charge in [-0.15, -0.1) is 0 Å². The van der Waals surface area contributed by atoms with Crippen LogP contribution in [0.2, 0.25) is 0 Å². The molecule has 1 aromatic heterocycles. The summed E-state index contributed by atoms with van der Waals surface area (Å²) in [5, 5.41) is 4.25. The van der Waals surface area contributed by atoms with Crippen molar-refractivity contribution in [2.45, 2.75) is 0 Å². The van der Waals surface area contributed by atoms with Crippen molar-refractivity contribution in [1.82, 2.24) is 9.78 Å². The van der Waals surface area contributed by atoms with E-state index >= 15 is 0 Å². The lowest BCUT2D eigenvalue weighted by Gasteiger charge is -1.98. The number of aromatic nitrogens is 2. The molecule has 0 aliphatic heterocycles. The minimum Gasteiger partial charge on any atom is -0.370 e. The van der Waals surface area contributed by atoms with Crippen LogP contribution in [0.5, 0.6) is 0 Å². The average molecular weight is 243 g/mol. The number of carbonyl (C=O) groups is 1. The first-order valence-electron chi connectivity index (χ1n) is 5.31. The molecular weight excluding hydrogens is 230 g/mol. The highest BCUT2D eigenvalue weighted by molar-refractivity contribution is 6.05. The molecule has 0 saturated heterocycles. The fourth-order valence-corrected chi connectivity index (χ4v) is 1.63. The Morgan fingerprint density at radius 2 is 1.94 bits per heavy atom. The third-order valence-corrected chi connectivity index (χ3v) is 2.34. The quantitative estimate of drug-likeness (QED) is 0.592. The van der Waals surface area contributed by atoms with Crippen molar-refractivity contribution in [2.75, 3.05) is 0 Å². The van der Waals surface area contributed by atoms with Crippen molar-refractivity contribution < 1.29 is 4.79 Å². The number of nitrogens with zero attached hydrogens (tertiary/aromatic N) is 3. The zero-order valence-corrected chi connectivity index (χ0v) is 9.87. The van der Waals surface area contributed by atoms with E-state index in [9.17, 15) is 4.79 Å². The maximum absolute atomic E-state index is 11.9. The van der Waals surface area contributed by atoms with Gasteiger partial charge in [0.1, 0.15) is 5.69 Å². The summed E-state index contributed by atoms with van der Waals surface area (Å²) in [6, 6.07) is 9.38. The molecule has 4 N–H and O–H groups in total. The number of amides is 1. The minimum absolute atomic E-state index is 0.261. The molecule has 1 aromatic carbocycles. The molecule has 0 aliphatic carbocycles. The maximum atomic E-state index is 11.9. The molecule has 18 heavy (non-hydrogen) atoms. The largest absolute Gasteiger partial charge is 0.370 e. The predicted octanol–water partition coefficient (Wildman–Crippen LogP) is 0.501. The number of carbonyl (C=O) groups excluding carboxylic acids is 1. The molecule has 2 rings (SSSR count). The number of aryl methyl sites for hydroxylation is 1. The topological polar surface area (TPSA) is 99.3 Å². The van der Waals surface area contributed by atoms with Crippen LogP contribution in [0.4, 0.5) is 0 Å². The monoisotopic (exact) mass is 243 g/mol. The van der Waals surface area contributed by atoms with E-state index in [-0.39, 0.29) is 5.96 Å². The molecule has 0 aliphatic rings. The third-order valence-electron chi connectivity index (χ3n) is 2.34. The predicted molar refractivity (Wildman–Crippen MR) is 68.8 cm³/mol. The smallest absolute Gasteiger partial charge is 0.284 e. The van der Waals surface area contributed by atoms with E-state index in [1.54, 1.807) is 17.9 Å². The van der Waals surface area contributed by atoms with Crippen molar-refractivity contribution in [2.24, 2.45) is 23.5 Å². The van der Waals surface area contributed by atoms with Gasteiger partial charge in [0, 0.05) is 18.8 Å². The molecule has 0 radical (unpaired) electrons. The van der Waals surface area contributed by atoms with Gasteiger partial charge in [0.25, 0.3) is 5.91 Å². The summed E-state index contributed by atoms with van der Waals surface area (Å²) in [5.41, 5.74) is 12.2. The van der Waals surface area contributed by atoms with E-state index in [4.69, 9.17) is 11.5 Å². The molecule has 2 aromatic rings. The number of hydrogen-bond donors (Lipinski definition) is 2. The van der Waals surface area contributed by atoms with Gasteiger partial charge in [-0.25, -0.2) is 0 Å². The molecule has 0 atom stereocenters. The van der Waals surface area contributed by atoms with Crippen molar-refractivity contribution in [1.29, 1.82) is 0 Å². The number of guanidine groups is 1. The van der Waals surface area contributed by atoms with Crippen LogP contribution in [0.15, 0.2) is 41.5 Å². The fraction of sp³-hybridized carbons (Fsp3) is 0.0833. The summed E-state index contributed by atoms with van der Waals surface area (Å²) in [6.07, 6.45) is 1.59. The summed E-state index contributed by atoms with van der Waals surface area (Å²) in [4.78, 5) is 15.4. The molecular formula is C12H13N5O. The summed E-state index contributed by atoms with van der Waals surface area (Å²) in [7, 11) is 1.73. The van der Waals surface area contributed by atoms with E-state index < -0.39 is 5.91 Å². The Morgan fingerprint density at radius 1 is 1.28 bits per heavy atom. The highest BCUT2D eigenvalue weighted by Crippen LogP contribution is 2.22. The van der Waals surface area contributed by atoms with Gasteiger partial charge < -0.3 is 11.5 Å². The normalized spacial score (nSPS) is 10.1. The molecule has 0 unspecified atom stereocenters. The van der Waals surface area contributed by atoms with Crippen LogP contribution < -0.4 is 11.5 Å². The first-order chi connectivity index (χ1) is 8.58. The van der Waals surface area contributed by atoms with Crippen LogP contribution in [0.25, 0.3) is 11.3 Å². The lowest BCUT2D eigenvalue weighted by Crippen LogP contribution is -2.24. The summed E-state index contributed by atoms with van der Waals surface area (Å²) in [5.74, 6) is -0.759. The lowest BCUT2D eigenvalue weighted by molar-refractivity contribution is 0.100. The molecule has 0 fully saturated rings. The first kappa shape index (κ1) is 11.8. The second kappa shape index (κ2) is 4.70. The number of nitrogens with two attached hydrogens (primary N) is 2. The Hall–Kier alpha value is -2.63. The van der Waals surface area contributed by atoms with Gasteiger partial charge in [-0.3, -0.25) is 9.48 Å². The Balaban J connectivity index is 2.50. The number of rotatable bonds is 2. The zero-order chi connectivity index (χ0) is 13.1. The van der Waals surface area contributed by atoms with Gasteiger partial charge in [0.2, 0.25) is 0 Å². The fourth-order valence-electron chi connectivity index (χ4n) is 1.63. The molecule has 1 amide bonds. The highest BCUT2D eigenvalue weighted by Gasteiger charge is 2.16. The maximum Gasteiger partial charge on any atom is 0.284 e. The zero-order valence-electron chi connectivity index (χ0n) is 9.87. The van der Waals surface area contributed by atoms with Crippen LogP contribution in [0.1, 0.15) is 10.4 Å². The van der Waals surface area contributed by atoms with Gasteiger partial charge in [0.05, 0.1) is 5.56 Å². The second-order valence-corrected chi connectivity index (χ2v) is 3.77. The SMILES string of the molecule is Cn1cc(C(=O)N=C(N)N)c(-c2ccccc2)n1. The highest BCUT2D eigenvalue weighted by atomic mass is 16.1. The van der Waals surface area contributed by atoms with Crippen LogP contribution in [0.3, 0.4) is 0 Å². The molecule has 92 valence electrons. The first-order valence-corrected chi connectivity index (χ1v) is 5.31. The third kappa shape index (κ3) is 2.37. The molecule has 0 bridgehead atoms. The number of benzene rings is 1. The summed E-state index contributed by atoms with van der Waals surface area (Å²) < 4.78 is 1.55. The Labute approximate surface area is 104 Å². The van der Waals surface area contributed by atoms with Gasteiger partial charge in [-0.2, -0.15) is 10.1 Å². The van der Waals surface area contributed by atoms with Crippen molar-refractivity contribution in [3.63, 3.8) is 0 Å². The van der Waals surface area contributed by atoms with E-state index in [0.29, 0.717) is 11.3 Å². The Morgan fingerprint density at radius 3 is 2.56 bits per heavy atom. The van der Waals surface area contributed by atoms with E-state index in [2.05, 4.69) is 10.1 Å². The van der Waals surface area contributed by atoms with Crippen LogP contribution >= 0.6 is 0 Å². The van der Waals surface area contributed by atoms with Crippen molar-refractivity contribution in [3.8, 4) is 11.3 Å². The average Bonchev–Trinajstić information content (AvgIpc) is 2.72. The standard InChI is InChI=1S/C12H13N5O/c1-17-7-9(11(18)15-12(13)14)10(16-17)8-5-3-2-4-6-8/h2-7H,1H3,(H4,13,14,15,18). The van der Waals surface area contributed by atoms with Gasteiger partial charge in [-0.1, -0.05) is 30.3 Å². The van der Waals surface area contributed by atoms with Crippen molar-refractivity contribution in [3.05, 3.63) is 42.1 Å².